The number of hydrogen-bond acceptors (Lipinski definition) is 6. The van der Waals surface area contributed by atoms with Gasteiger partial charge in [-0.1, -0.05) is 42.1 Å². The normalized spacial score (nSPS) is 11.5. The molecule has 3 heterocycles. The van der Waals surface area contributed by atoms with Gasteiger partial charge in [-0.05, 0) is 38.1 Å². The lowest BCUT2D eigenvalue weighted by Gasteiger charge is -2.05. The van der Waals surface area contributed by atoms with Crippen LogP contribution in [-0.4, -0.2) is 24.6 Å². The summed E-state index contributed by atoms with van der Waals surface area (Å²) in [5.74, 6) is 2.82. The summed E-state index contributed by atoms with van der Waals surface area (Å²) in [5, 5.41) is 6.32. The minimum absolute atomic E-state index is 0.640. The zero-order chi connectivity index (χ0) is 19.1. The standard InChI is InChI=1S/C21H17N5OS/c1-13-18(23-20(27-13)15-8-4-3-5-9-15)12-28-21-24-17-11-7-6-10-16(17)19-22-14(2)25-26(19)21/h3-11H,12H2,1-2H3. The van der Waals surface area contributed by atoms with Gasteiger partial charge in [0.2, 0.25) is 5.89 Å². The maximum absolute atomic E-state index is 5.87. The van der Waals surface area contributed by atoms with Crippen molar-refractivity contribution in [2.45, 2.75) is 24.8 Å². The summed E-state index contributed by atoms with van der Waals surface area (Å²) >= 11 is 1.58. The van der Waals surface area contributed by atoms with E-state index in [1.54, 1.807) is 11.8 Å². The van der Waals surface area contributed by atoms with Gasteiger partial charge in [-0.15, -0.1) is 5.10 Å². The van der Waals surface area contributed by atoms with Crippen LogP contribution in [0.5, 0.6) is 0 Å². The Morgan fingerprint density at radius 1 is 0.929 bits per heavy atom. The first-order chi connectivity index (χ1) is 13.7. The first kappa shape index (κ1) is 16.9. The van der Waals surface area contributed by atoms with E-state index >= 15 is 0 Å². The number of thioether (sulfide) groups is 1. The van der Waals surface area contributed by atoms with Gasteiger partial charge in [-0.2, -0.15) is 4.52 Å². The zero-order valence-corrected chi connectivity index (χ0v) is 16.3. The molecular weight excluding hydrogens is 370 g/mol. The van der Waals surface area contributed by atoms with Gasteiger partial charge in [-0.3, -0.25) is 0 Å². The molecule has 0 spiro atoms. The molecule has 3 aromatic heterocycles. The highest BCUT2D eigenvalue weighted by Gasteiger charge is 2.15. The van der Waals surface area contributed by atoms with E-state index in [-0.39, 0.29) is 0 Å². The number of aryl methyl sites for hydroxylation is 2. The van der Waals surface area contributed by atoms with Crippen LogP contribution in [0.15, 0.2) is 64.2 Å². The SMILES string of the molecule is Cc1nc2c3ccccc3nc(SCc3nc(-c4ccccc4)oc3C)n2n1. The van der Waals surface area contributed by atoms with Crippen LogP contribution in [0, 0.1) is 13.8 Å². The second-order valence-electron chi connectivity index (χ2n) is 6.48. The number of hydrogen-bond donors (Lipinski definition) is 0. The third-order valence-corrected chi connectivity index (χ3v) is 5.45. The Kier molecular flexibility index (Phi) is 4.09. The topological polar surface area (TPSA) is 69.1 Å². The lowest BCUT2D eigenvalue weighted by atomic mass is 10.2. The monoisotopic (exact) mass is 387 g/mol. The van der Waals surface area contributed by atoms with Crippen molar-refractivity contribution in [3.05, 3.63) is 71.9 Å². The van der Waals surface area contributed by atoms with Gasteiger partial charge in [0.05, 0.1) is 11.2 Å². The number of fused-ring (bicyclic) bond motifs is 3. The van der Waals surface area contributed by atoms with Gasteiger partial charge in [-0.25, -0.2) is 15.0 Å². The molecule has 5 rings (SSSR count). The summed E-state index contributed by atoms with van der Waals surface area (Å²) in [7, 11) is 0. The van der Waals surface area contributed by atoms with E-state index in [9.17, 15) is 0 Å². The highest BCUT2D eigenvalue weighted by Crippen LogP contribution is 2.29. The van der Waals surface area contributed by atoms with Gasteiger partial charge < -0.3 is 4.42 Å². The van der Waals surface area contributed by atoms with Gasteiger partial charge in [0.1, 0.15) is 11.6 Å². The van der Waals surface area contributed by atoms with Crippen LogP contribution in [0.4, 0.5) is 0 Å². The van der Waals surface area contributed by atoms with E-state index in [1.165, 1.54) is 0 Å². The van der Waals surface area contributed by atoms with E-state index in [4.69, 9.17) is 9.40 Å². The molecule has 0 aliphatic carbocycles. The third kappa shape index (κ3) is 2.93. The van der Waals surface area contributed by atoms with Crippen molar-refractivity contribution in [1.82, 2.24) is 24.6 Å². The molecule has 0 bridgehead atoms. The van der Waals surface area contributed by atoms with E-state index in [1.807, 2.05) is 73.0 Å². The maximum atomic E-state index is 5.87. The first-order valence-electron chi connectivity index (χ1n) is 8.96. The minimum atomic E-state index is 0.640. The Bertz CT molecular complexity index is 1290. The molecular formula is C21H17N5OS. The summed E-state index contributed by atoms with van der Waals surface area (Å²) in [6.45, 7) is 3.84. The molecule has 0 saturated carbocycles. The highest BCUT2D eigenvalue weighted by molar-refractivity contribution is 7.98. The fourth-order valence-corrected chi connectivity index (χ4v) is 4.07. The Morgan fingerprint density at radius 2 is 1.71 bits per heavy atom. The van der Waals surface area contributed by atoms with Crippen molar-refractivity contribution >= 4 is 28.3 Å². The number of aromatic nitrogens is 5. The van der Waals surface area contributed by atoms with Crippen LogP contribution in [0.25, 0.3) is 28.0 Å². The van der Waals surface area contributed by atoms with Gasteiger partial charge in [0.25, 0.3) is 0 Å². The third-order valence-electron chi connectivity index (χ3n) is 4.51. The number of rotatable bonds is 4. The molecule has 0 aliphatic heterocycles. The van der Waals surface area contributed by atoms with Crippen molar-refractivity contribution in [3.63, 3.8) is 0 Å². The van der Waals surface area contributed by atoms with Gasteiger partial charge >= 0.3 is 0 Å². The average molecular weight is 387 g/mol. The van der Waals surface area contributed by atoms with Crippen LogP contribution < -0.4 is 0 Å². The van der Waals surface area contributed by atoms with Crippen LogP contribution in [-0.2, 0) is 5.75 Å². The first-order valence-corrected chi connectivity index (χ1v) is 9.94. The summed E-state index contributed by atoms with van der Waals surface area (Å²) in [4.78, 5) is 14.1. The van der Waals surface area contributed by atoms with Gasteiger partial charge in [0.15, 0.2) is 10.8 Å². The van der Waals surface area contributed by atoms with Gasteiger partial charge in [0, 0.05) is 16.7 Å². The number of para-hydroxylation sites is 1. The Hall–Kier alpha value is -3.19. The van der Waals surface area contributed by atoms with Crippen molar-refractivity contribution < 1.29 is 4.42 Å². The predicted molar refractivity (Wildman–Crippen MR) is 109 cm³/mol. The Balaban J connectivity index is 1.50. The van der Waals surface area contributed by atoms with Crippen LogP contribution >= 0.6 is 11.8 Å². The zero-order valence-electron chi connectivity index (χ0n) is 15.5. The summed E-state index contributed by atoms with van der Waals surface area (Å²) in [5.41, 5.74) is 3.61. The van der Waals surface area contributed by atoms with Crippen molar-refractivity contribution in [1.29, 1.82) is 0 Å². The molecule has 0 atom stereocenters. The van der Waals surface area contributed by atoms with E-state index in [0.29, 0.717) is 11.6 Å². The second kappa shape index (κ2) is 6.76. The Labute approximate surface area is 165 Å². The lowest BCUT2D eigenvalue weighted by Crippen LogP contribution is -1.99. The van der Waals surface area contributed by atoms with E-state index in [2.05, 4.69) is 15.1 Å². The van der Waals surface area contributed by atoms with Crippen molar-refractivity contribution in [2.75, 3.05) is 0 Å². The molecule has 138 valence electrons. The minimum Gasteiger partial charge on any atom is -0.441 e. The lowest BCUT2D eigenvalue weighted by molar-refractivity contribution is 0.540. The summed E-state index contributed by atoms with van der Waals surface area (Å²) < 4.78 is 7.69. The van der Waals surface area contributed by atoms with E-state index in [0.717, 1.165) is 44.5 Å². The predicted octanol–water partition coefficient (Wildman–Crippen LogP) is 4.84. The summed E-state index contributed by atoms with van der Waals surface area (Å²) in [6, 6.07) is 17.9. The summed E-state index contributed by atoms with van der Waals surface area (Å²) in [6.07, 6.45) is 0. The molecule has 0 N–H and O–H groups in total. The molecule has 0 saturated heterocycles. The maximum Gasteiger partial charge on any atom is 0.226 e. The fraction of sp³-hybridized carbons (Fsp3) is 0.143. The van der Waals surface area contributed by atoms with Crippen molar-refractivity contribution in [2.24, 2.45) is 0 Å². The second-order valence-corrected chi connectivity index (χ2v) is 7.43. The van der Waals surface area contributed by atoms with Crippen LogP contribution in [0.1, 0.15) is 17.3 Å². The number of oxazole rings is 1. The molecule has 0 fully saturated rings. The number of nitrogens with zero attached hydrogens (tertiary/aromatic N) is 5. The van der Waals surface area contributed by atoms with Crippen LogP contribution in [0.2, 0.25) is 0 Å². The molecule has 7 heteroatoms. The molecule has 0 unspecified atom stereocenters. The van der Waals surface area contributed by atoms with E-state index < -0.39 is 0 Å². The molecule has 2 aromatic carbocycles. The molecule has 0 radical (unpaired) electrons. The largest absolute Gasteiger partial charge is 0.441 e. The average Bonchev–Trinajstić information content (AvgIpc) is 3.29. The highest BCUT2D eigenvalue weighted by atomic mass is 32.2. The van der Waals surface area contributed by atoms with Crippen molar-refractivity contribution in [3.8, 4) is 11.5 Å². The molecule has 5 aromatic rings. The molecule has 0 amide bonds. The molecule has 6 nitrogen and oxygen atoms in total. The Morgan fingerprint density at radius 3 is 2.57 bits per heavy atom. The molecule has 28 heavy (non-hydrogen) atoms. The van der Waals surface area contributed by atoms with Crippen LogP contribution in [0.3, 0.4) is 0 Å². The quantitative estimate of drug-likeness (QED) is 0.325. The molecule has 0 aliphatic rings. The smallest absolute Gasteiger partial charge is 0.226 e. The fourth-order valence-electron chi connectivity index (χ4n) is 3.13. The number of benzene rings is 2.